The summed E-state index contributed by atoms with van der Waals surface area (Å²) in [4.78, 5) is 0.284. The van der Waals surface area contributed by atoms with E-state index in [0.29, 0.717) is 18.8 Å². The largest absolute Gasteiger partial charge is 0.373 e. The van der Waals surface area contributed by atoms with E-state index in [1.807, 2.05) is 13.8 Å². The van der Waals surface area contributed by atoms with E-state index in [2.05, 4.69) is 5.10 Å². The van der Waals surface area contributed by atoms with Crippen LogP contribution in [0.1, 0.15) is 19.5 Å². The minimum absolute atomic E-state index is 0.0829. The molecule has 0 saturated carbocycles. The summed E-state index contributed by atoms with van der Waals surface area (Å²) in [5, 5.41) is 4.09. The van der Waals surface area contributed by atoms with E-state index in [9.17, 15) is 8.42 Å². The van der Waals surface area contributed by atoms with Gasteiger partial charge in [-0.25, -0.2) is 8.42 Å². The van der Waals surface area contributed by atoms with E-state index in [1.54, 1.807) is 20.2 Å². The molecule has 2 heterocycles. The highest BCUT2D eigenvalue weighted by Crippen LogP contribution is 2.22. The number of hydrogen-bond acceptors (Lipinski definition) is 4. The van der Waals surface area contributed by atoms with E-state index in [1.165, 1.54) is 8.99 Å². The highest BCUT2D eigenvalue weighted by Gasteiger charge is 2.33. The lowest BCUT2D eigenvalue weighted by atomic mass is 10.3. The molecule has 2 rings (SSSR count). The molecule has 102 valence electrons. The van der Waals surface area contributed by atoms with Gasteiger partial charge >= 0.3 is 0 Å². The van der Waals surface area contributed by atoms with Crippen molar-refractivity contribution in [2.75, 3.05) is 13.1 Å². The summed E-state index contributed by atoms with van der Waals surface area (Å²) in [5.74, 6) is 0. The molecule has 1 aromatic heterocycles. The van der Waals surface area contributed by atoms with Crippen molar-refractivity contribution >= 4 is 10.0 Å². The van der Waals surface area contributed by atoms with Crippen LogP contribution in [-0.4, -0.2) is 47.8 Å². The van der Waals surface area contributed by atoms with Crippen molar-refractivity contribution < 1.29 is 13.2 Å². The molecular formula is C11H19N3O3S. The highest BCUT2D eigenvalue weighted by molar-refractivity contribution is 7.89. The molecule has 1 aliphatic heterocycles. The summed E-state index contributed by atoms with van der Waals surface area (Å²) >= 11 is 0. The normalized spacial score (nSPS) is 26.4. The smallest absolute Gasteiger partial charge is 0.246 e. The van der Waals surface area contributed by atoms with Gasteiger partial charge < -0.3 is 4.74 Å². The van der Waals surface area contributed by atoms with Crippen molar-refractivity contribution in [3.05, 3.63) is 11.9 Å². The fourth-order valence-corrected chi connectivity index (χ4v) is 4.09. The molecule has 0 spiro atoms. The van der Waals surface area contributed by atoms with Crippen LogP contribution in [0.25, 0.3) is 0 Å². The van der Waals surface area contributed by atoms with Gasteiger partial charge in [-0.3, -0.25) is 4.68 Å². The van der Waals surface area contributed by atoms with Gasteiger partial charge in [-0.05, 0) is 20.8 Å². The molecule has 1 aromatic rings. The van der Waals surface area contributed by atoms with Crippen LogP contribution in [0.2, 0.25) is 0 Å². The van der Waals surface area contributed by atoms with Crippen LogP contribution in [0.4, 0.5) is 0 Å². The van der Waals surface area contributed by atoms with Crippen molar-refractivity contribution in [1.82, 2.24) is 14.1 Å². The van der Waals surface area contributed by atoms with Gasteiger partial charge in [-0.2, -0.15) is 9.40 Å². The first-order valence-electron chi connectivity index (χ1n) is 5.96. The predicted octanol–water partition coefficient (Wildman–Crippen LogP) is 0.526. The molecule has 0 N–H and O–H groups in total. The van der Waals surface area contributed by atoms with Gasteiger partial charge in [0.25, 0.3) is 0 Å². The monoisotopic (exact) mass is 273 g/mol. The second-order valence-electron chi connectivity index (χ2n) is 4.83. The molecule has 0 aromatic carbocycles. The first kappa shape index (κ1) is 13.5. The number of aryl methyl sites for hydroxylation is 2. The molecule has 0 bridgehead atoms. The average Bonchev–Trinajstić information content (AvgIpc) is 2.57. The third kappa shape index (κ3) is 2.43. The van der Waals surface area contributed by atoms with E-state index >= 15 is 0 Å². The summed E-state index contributed by atoms with van der Waals surface area (Å²) in [6.07, 6.45) is 1.39. The molecule has 1 saturated heterocycles. The quantitative estimate of drug-likeness (QED) is 0.788. The Morgan fingerprint density at radius 2 is 1.89 bits per heavy atom. The van der Waals surface area contributed by atoms with E-state index in [0.717, 1.165) is 0 Å². The molecule has 2 atom stereocenters. The summed E-state index contributed by atoms with van der Waals surface area (Å²) in [6, 6.07) is 0. The third-order valence-corrected chi connectivity index (χ3v) is 4.91. The first-order chi connectivity index (χ1) is 8.30. The maximum Gasteiger partial charge on any atom is 0.246 e. The van der Waals surface area contributed by atoms with Gasteiger partial charge in [0.2, 0.25) is 10.0 Å². The second kappa shape index (κ2) is 4.64. The summed E-state index contributed by atoms with van der Waals surface area (Å²) in [5.41, 5.74) is 0.532. The zero-order valence-corrected chi connectivity index (χ0v) is 11.9. The fourth-order valence-electron chi connectivity index (χ4n) is 2.30. The molecule has 0 radical (unpaired) electrons. The minimum Gasteiger partial charge on any atom is -0.373 e. The van der Waals surface area contributed by atoms with Crippen LogP contribution in [0, 0.1) is 6.92 Å². The highest BCUT2D eigenvalue weighted by atomic mass is 32.2. The molecule has 6 nitrogen and oxygen atoms in total. The van der Waals surface area contributed by atoms with Crippen molar-refractivity contribution in [2.24, 2.45) is 7.05 Å². The lowest BCUT2D eigenvalue weighted by Crippen LogP contribution is -2.48. The predicted molar refractivity (Wildman–Crippen MR) is 66.7 cm³/mol. The molecule has 7 heteroatoms. The second-order valence-corrected chi connectivity index (χ2v) is 6.74. The lowest BCUT2D eigenvalue weighted by molar-refractivity contribution is -0.0440. The van der Waals surface area contributed by atoms with Gasteiger partial charge in [0.05, 0.1) is 17.9 Å². The van der Waals surface area contributed by atoms with Crippen LogP contribution >= 0.6 is 0 Å². The van der Waals surface area contributed by atoms with E-state index in [4.69, 9.17) is 4.74 Å². The molecule has 0 unspecified atom stereocenters. The number of hydrogen-bond donors (Lipinski definition) is 0. The number of nitrogens with zero attached hydrogens (tertiary/aromatic N) is 3. The number of ether oxygens (including phenoxy) is 1. The zero-order valence-electron chi connectivity index (χ0n) is 11.1. The molecule has 18 heavy (non-hydrogen) atoms. The minimum atomic E-state index is -3.47. The average molecular weight is 273 g/mol. The van der Waals surface area contributed by atoms with Gasteiger partial charge in [-0.1, -0.05) is 0 Å². The SMILES string of the molecule is Cc1nn(C)cc1S(=O)(=O)N1C[C@@H](C)O[C@@H](C)C1. The van der Waals surface area contributed by atoms with E-state index < -0.39 is 10.0 Å². The number of aromatic nitrogens is 2. The van der Waals surface area contributed by atoms with Crippen molar-refractivity contribution in [3.63, 3.8) is 0 Å². The molecule has 1 fully saturated rings. The Balaban J connectivity index is 2.34. The van der Waals surface area contributed by atoms with Crippen molar-refractivity contribution in [3.8, 4) is 0 Å². The van der Waals surface area contributed by atoms with Crippen LogP contribution < -0.4 is 0 Å². The number of rotatable bonds is 2. The Morgan fingerprint density at radius 1 is 1.33 bits per heavy atom. The van der Waals surface area contributed by atoms with Crippen LogP contribution in [-0.2, 0) is 21.8 Å². The molecule has 0 aliphatic carbocycles. The van der Waals surface area contributed by atoms with E-state index in [-0.39, 0.29) is 17.1 Å². The van der Waals surface area contributed by atoms with Gasteiger partial charge in [0, 0.05) is 26.3 Å². The fraction of sp³-hybridized carbons (Fsp3) is 0.727. The van der Waals surface area contributed by atoms with Crippen LogP contribution in [0.15, 0.2) is 11.1 Å². The van der Waals surface area contributed by atoms with Crippen molar-refractivity contribution in [1.29, 1.82) is 0 Å². The molecule has 1 aliphatic rings. The summed E-state index contributed by atoms with van der Waals surface area (Å²) in [6.45, 7) is 6.25. The number of sulfonamides is 1. The molecule has 0 amide bonds. The van der Waals surface area contributed by atoms with Crippen molar-refractivity contribution in [2.45, 2.75) is 37.9 Å². The molecular weight excluding hydrogens is 254 g/mol. The van der Waals surface area contributed by atoms with Gasteiger partial charge in [-0.15, -0.1) is 0 Å². The Labute approximate surface area is 108 Å². The van der Waals surface area contributed by atoms with Crippen LogP contribution in [0.3, 0.4) is 0 Å². The summed E-state index contributed by atoms with van der Waals surface area (Å²) < 4.78 is 33.6. The Hall–Kier alpha value is -0.920. The zero-order chi connectivity index (χ0) is 13.5. The lowest BCUT2D eigenvalue weighted by Gasteiger charge is -2.34. The number of morpholine rings is 1. The maximum atomic E-state index is 12.5. The Bertz CT molecular complexity index is 528. The Kier molecular flexibility index (Phi) is 3.48. The first-order valence-corrected chi connectivity index (χ1v) is 7.40. The Morgan fingerprint density at radius 3 is 2.33 bits per heavy atom. The topological polar surface area (TPSA) is 64.4 Å². The standard InChI is InChI=1S/C11H19N3O3S/c1-8-5-14(6-9(2)17-8)18(15,16)11-7-13(4)12-10(11)3/h7-9H,5-6H2,1-4H3/t8-,9+. The maximum absolute atomic E-state index is 12.5. The van der Waals surface area contributed by atoms with Gasteiger partial charge in [0.15, 0.2) is 0 Å². The summed E-state index contributed by atoms with van der Waals surface area (Å²) in [7, 11) is -1.75. The van der Waals surface area contributed by atoms with Crippen LogP contribution in [0.5, 0.6) is 0 Å². The third-order valence-electron chi connectivity index (χ3n) is 2.97. The van der Waals surface area contributed by atoms with Gasteiger partial charge in [0.1, 0.15) is 4.90 Å².